The SMILES string of the molecule is NS(=O)(=O)c1ccc(-n2cc(-c3ccccc3)cc2-c2ccc(F)cc2)cc1. The lowest BCUT2D eigenvalue weighted by Crippen LogP contribution is -2.12. The van der Waals surface area contributed by atoms with Gasteiger partial charge in [0.2, 0.25) is 10.0 Å². The Balaban J connectivity index is 1.87. The molecule has 4 rings (SSSR count). The lowest BCUT2D eigenvalue weighted by molar-refractivity contribution is 0.598. The van der Waals surface area contributed by atoms with Crippen molar-refractivity contribution in [1.82, 2.24) is 4.57 Å². The molecule has 0 aliphatic carbocycles. The van der Waals surface area contributed by atoms with Crippen molar-refractivity contribution in [2.75, 3.05) is 0 Å². The van der Waals surface area contributed by atoms with Crippen LogP contribution >= 0.6 is 0 Å². The van der Waals surface area contributed by atoms with Gasteiger partial charge in [-0.05, 0) is 65.7 Å². The van der Waals surface area contributed by atoms with Gasteiger partial charge in [0.15, 0.2) is 0 Å². The average Bonchev–Trinajstić information content (AvgIpc) is 3.14. The molecule has 0 amide bonds. The highest BCUT2D eigenvalue weighted by Gasteiger charge is 2.13. The summed E-state index contributed by atoms with van der Waals surface area (Å²) in [5.74, 6) is -0.303. The number of sulfonamides is 1. The summed E-state index contributed by atoms with van der Waals surface area (Å²) in [7, 11) is -3.76. The van der Waals surface area contributed by atoms with E-state index in [1.165, 1.54) is 24.3 Å². The van der Waals surface area contributed by atoms with Gasteiger partial charge < -0.3 is 4.57 Å². The lowest BCUT2D eigenvalue weighted by Gasteiger charge is -2.10. The van der Waals surface area contributed by atoms with Gasteiger partial charge >= 0.3 is 0 Å². The molecule has 4 aromatic rings. The fraction of sp³-hybridized carbons (Fsp3) is 0. The molecule has 0 aliphatic heterocycles. The van der Waals surface area contributed by atoms with Crippen molar-refractivity contribution < 1.29 is 12.8 Å². The minimum atomic E-state index is -3.76. The third-order valence-electron chi connectivity index (χ3n) is 4.51. The van der Waals surface area contributed by atoms with Crippen LogP contribution in [0.5, 0.6) is 0 Å². The van der Waals surface area contributed by atoms with E-state index in [0.717, 1.165) is 28.1 Å². The third-order valence-corrected chi connectivity index (χ3v) is 5.44. The minimum Gasteiger partial charge on any atom is -0.316 e. The molecule has 0 fully saturated rings. The number of hydrogen-bond acceptors (Lipinski definition) is 2. The summed E-state index contributed by atoms with van der Waals surface area (Å²) >= 11 is 0. The first-order valence-electron chi connectivity index (χ1n) is 8.59. The number of rotatable bonds is 4. The zero-order valence-corrected chi connectivity index (χ0v) is 15.6. The Morgan fingerprint density at radius 1 is 0.750 bits per heavy atom. The van der Waals surface area contributed by atoms with Crippen molar-refractivity contribution in [2.45, 2.75) is 4.90 Å². The van der Waals surface area contributed by atoms with Crippen molar-refractivity contribution in [3.8, 4) is 28.1 Å². The summed E-state index contributed by atoms with van der Waals surface area (Å²) in [4.78, 5) is 0.0509. The van der Waals surface area contributed by atoms with Gasteiger partial charge in [-0.3, -0.25) is 0 Å². The highest BCUT2D eigenvalue weighted by molar-refractivity contribution is 7.89. The molecule has 0 saturated heterocycles. The lowest BCUT2D eigenvalue weighted by atomic mass is 10.1. The first kappa shape index (κ1) is 18.2. The van der Waals surface area contributed by atoms with Gasteiger partial charge in [-0.15, -0.1) is 0 Å². The summed E-state index contributed by atoms with van der Waals surface area (Å²) in [5.41, 5.74) is 4.52. The summed E-state index contributed by atoms with van der Waals surface area (Å²) in [6.07, 6.45) is 1.97. The quantitative estimate of drug-likeness (QED) is 0.552. The van der Waals surface area contributed by atoms with Crippen molar-refractivity contribution in [2.24, 2.45) is 5.14 Å². The first-order valence-corrected chi connectivity index (χ1v) is 10.1. The van der Waals surface area contributed by atoms with Crippen LogP contribution in [0.15, 0.2) is 96.0 Å². The van der Waals surface area contributed by atoms with Crippen molar-refractivity contribution >= 4 is 10.0 Å². The zero-order chi connectivity index (χ0) is 19.7. The van der Waals surface area contributed by atoms with E-state index in [1.54, 1.807) is 24.3 Å². The molecule has 0 saturated carbocycles. The number of nitrogens with two attached hydrogens (primary N) is 1. The molecule has 4 nitrogen and oxygen atoms in total. The number of aromatic nitrogens is 1. The molecule has 0 atom stereocenters. The van der Waals surface area contributed by atoms with E-state index in [0.29, 0.717) is 0 Å². The maximum atomic E-state index is 13.4. The van der Waals surface area contributed by atoms with Crippen molar-refractivity contribution in [1.29, 1.82) is 0 Å². The predicted molar refractivity (Wildman–Crippen MR) is 108 cm³/mol. The molecule has 0 radical (unpaired) electrons. The van der Waals surface area contributed by atoms with Gasteiger partial charge in [-0.1, -0.05) is 30.3 Å². The number of halogens is 1. The normalized spacial score (nSPS) is 11.5. The van der Waals surface area contributed by atoms with Crippen LogP contribution in [0, 0.1) is 5.82 Å². The molecule has 0 spiro atoms. The Kier molecular flexibility index (Phi) is 4.58. The molecule has 0 aliphatic rings. The van der Waals surface area contributed by atoms with Gasteiger partial charge in [0.25, 0.3) is 0 Å². The third kappa shape index (κ3) is 3.60. The minimum absolute atomic E-state index is 0.0509. The summed E-state index contributed by atoms with van der Waals surface area (Å²) in [6, 6.07) is 24.5. The first-order chi connectivity index (χ1) is 13.4. The van der Waals surface area contributed by atoms with Crippen LogP contribution in [0.25, 0.3) is 28.1 Å². The number of benzene rings is 3. The molecular formula is C22H17FN2O2S. The Morgan fingerprint density at radius 2 is 1.39 bits per heavy atom. The van der Waals surface area contributed by atoms with Crippen LogP contribution in [-0.4, -0.2) is 13.0 Å². The molecule has 0 unspecified atom stereocenters. The van der Waals surface area contributed by atoms with Gasteiger partial charge in [-0.25, -0.2) is 17.9 Å². The Labute approximate surface area is 162 Å². The monoisotopic (exact) mass is 392 g/mol. The molecule has 1 aromatic heterocycles. The molecule has 2 N–H and O–H groups in total. The molecule has 140 valence electrons. The molecular weight excluding hydrogens is 375 g/mol. The molecule has 6 heteroatoms. The Morgan fingerprint density at radius 3 is 2.00 bits per heavy atom. The second kappa shape index (κ2) is 7.07. The summed E-state index contributed by atoms with van der Waals surface area (Å²) in [5, 5.41) is 5.19. The van der Waals surface area contributed by atoms with E-state index in [9.17, 15) is 12.8 Å². The molecule has 3 aromatic carbocycles. The van der Waals surface area contributed by atoms with E-state index >= 15 is 0 Å². The van der Waals surface area contributed by atoms with E-state index in [-0.39, 0.29) is 10.7 Å². The highest BCUT2D eigenvalue weighted by Crippen LogP contribution is 2.31. The predicted octanol–water partition coefficient (Wildman–Crippen LogP) is 4.60. The van der Waals surface area contributed by atoms with Crippen LogP contribution in [0.2, 0.25) is 0 Å². The topological polar surface area (TPSA) is 65.1 Å². The van der Waals surface area contributed by atoms with Crippen LogP contribution in [0.1, 0.15) is 0 Å². The number of nitrogens with zero attached hydrogens (tertiary/aromatic N) is 1. The van der Waals surface area contributed by atoms with E-state index < -0.39 is 10.0 Å². The number of primary sulfonamides is 1. The Bertz CT molecular complexity index is 1210. The van der Waals surface area contributed by atoms with Gasteiger partial charge in [0.1, 0.15) is 5.82 Å². The fourth-order valence-corrected chi connectivity index (χ4v) is 3.62. The zero-order valence-electron chi connectivity index (χ0n) is 14.8. The summed E-state index contributed by atoms with van der Waals surface area (Å²) < 4.78 is 38.4. The van der Waals surface area contributed by atoms with Crippen LogP contribution in [-0.2, 0) is 10.0 Å². The van der Waals surface area contributed by atoms with Crippen LogP contribution in [0.4, 0.5) is 4.39 Å². The fourth-order valence-electron chi connectivity index (χ4n) is 3.10. The smallest absolute Gasteiger partial charge is 0.238 e. The van der Waals surface area contributed by atoms with Gasteiger partial charge in [0.05, 0.1) is 10.6 Å². The molecule has 28 heavy (non-hydrogen) atoms. The van der Waals surface area contributed by atoms with Gasteiger partial charge in [0, 0.05) is 17.4 Å². The van der Waals surface area contributed by atoms with Crippen molar-refractivity contribution in [3.63, 3.8) is 0 Å². The largest absolute Gasteiger partial charge is 0.316 e. The Hall–Kier alpha value is -3.22. The highest BCUT2D eigenvalue weighted by atomic mass is 32.2. The van der Waals surface area contributed by atoms with E-state index in [1.807, 2.05) is 47.2 Å². The maximum Gasteiger partial charge on any atom is 0.238 e. The van der Waals surface area contributed by atoms with Gasteiger partial charge in [-0.2, -0.15) is 0 Å². The van der Waals surface area contributed by atoms with Crippen molar-refractivity contribution in [3.05, 3.63) is 96.9 Å². The standard InChI is InChI=1S/C22H17FN2O2S/c23-19-8-6-17(7-9-19)22-14-18(16-4-2-1-3-5-16)15-25(22)20-10-12-21(13-11-20)28(24,26)27/h1-15H,(H2,24,26,27). The van der Waals surface area contributed by atoms with Crippen LogP contribution < -0.4 is 5.14 Å². The maximum absolute atomic E-state index is 13.4. The molecule has 1 heterocycles. The second-order valence-electron chi connectivity index (χ2n) is 6.40. The average molecular weight is 392 g/mol. The van der Waals surface area contributed by atoms with Crippen LogP contribution in [0.3, 0.4) is 0 Å². The molecule has 0 bridgehead atoms. The summed E-state index contributed by atoms with van der Waals surface area (Å²) in [6.45, 7) is 0. The van der Waals surface area contributed by atoms with E-state index in [2.05, 4.69) is 0 Å². The number of hydrogen-bond donors (Lipinski definition) is 1. The van der Waals surface area contributed by atoms with E-state index in [4.69, 9.17) is 5.14 Å². The second-order valence-corrected chi connectivity index (χ2v) is 7.96.